The summed E-state index contributed by atoms with van der Waals surface area (Å²) in [6.45, 7) is 1.70. The van der Waals surface area contributed by atoms with Gasteiger partial charge in [-0.1, -0.05) is 18.2 Å². The fraction of sp³-hybridized carbons (Fsp3) is 0.450. The maximum atomic E-state index is 12.7. The molecule has 4 atom stereocenters. The van der Waals surface area contributed by atoms with Gasteiger partial charge in [0.25, 0.3) is 5.91 Å². The highest BCUT2D eigenvalue weighted by molar-refractivity contribution is 6.03. The van der Waals surface area contributed by atoms with Gasteiger partial charge in [-0.3, -0.25) is 9.36 Å². The summed E-state index contributed by atoms with van der Waals surface area (Å²) in [4.78, 5) is 29.0. The second-order valence-corrected chi connectivity index (χ2v) is 6.85. The lowest BCUT2D eigenvalue weighted by molar-refractivity contribution is -0.0819. The van der Waals surface area contributed by atoms with Gasteiger partial charge in [0.05, 0.1) is 19.8 Å². The molecule has 2 heterocycles. The molecule has 1 aliphatic heterocycles. The van der Waals surface area contributed by atoms with Crippen LogP contribution in [0.15, 0.2) is 41.3 Å². The number of hydrogen-bond donors (Lipinski definition) is 3. The van der Waals surface area contributed by atoms with Gasteiger partial charge in [-0.05, 0) is 19.1 Å². The molecule has 3 rings (SSSR count). The highest BCUT2D eigenvalue weighted by atomic mass is 16.6. The number of nitrogens with zero attached hydrogens (tertiary/aromatic N) is 2. The van der Waals surface area contributed by atoms with Gasteiger partial charge in [-0.25, -0.2) is 4.79 Å². The Kier molecular flexibility index (Phi) is 7.29. The number of aliphatic hydroxyl groups is 2. The van der Waals surface area contributed by atoms with Crippen LogP contribution in [-0.2, 0) is 14.2 Å². The number of carbonyl (C=O) groups excluding carboxylic acids is 1. The van der Waals surface area contributed by atoms with Crippen molar-refractivity contribution in [3.63, 3.8) is 0 Å². The van der Waals surface area contributed by atoms with E-state index in [2.05, 4.69) is 10.3 Å². The first-order valence-electron chi connectivity index (χ1n) is 9.47. The topological polar surface area (TPSA) is 132 Å². The molecule has 30 heavy (non-hydrogen) atoms. The number of aromatic nitrogens is 2. The number of anilines is 1. The Morgan fingerprint density at radius 2 is 2.03 bits per heavy atom. The van der Waals surface area contributed by atoms with Crippen molar-refractivity contribution < 1.29 is 29.2 Å². The van der Waals surface area contributed by atoms with Crippen molar-refractivity contribution in [1.82, 2.24) is 9.55 Å². The summed E-state index contributed by atoms with van der Waals surface area (Å²) in [5.74, 6) is -0.267. The number of rotatable bonds is 8. The van der Waals surface area contributed by atoms with Crippen LogP contribution in [0.5, 0.6) is 0 Å². The zero-order chi connectivity index (χ0) is 21.7. The first-order valence-corrected chi connectivity index (χ1v) is 9.47. The third-order valence-electron chi connectivity index (χ3n) is 4.77. The second kappa shape index (κ2) is 9.92. The van der Waals surface area contributed by atoms with Crippen LogP contribution < -0.4 is 11.0 Å². The molecular formula is C20H25N3O7. The summed E-state index contributed by atoms with van der Waals surface area (Å²) in [7, 11) is 1.51. The number of ether oxygens (including phenoxy) is 3. The molecule has 1 aliphatic rings. The molecular weight excluding hydrogens is 394 g/mol. The summed E-state index contributed by atoms with van der Waals surface area (Å²) in [6.07, 6.45) is -2.47. The van der Waals surface area contributed by atoms with Crippen molar-refractivity contribution in [2.24, 2.45) is 0 Å². The SMILES string of the molecule is COCCO[C@H]1C(O)[C@@H](CO)O[C@H]1n1cc(C)c(NC(=O)c2ccccc2)nc1=O. The number of benzene rings is 1. The normalized spacial score (nSPS) is 23.5. The highest BCUT2D eigenvalue weighted by Crippen LogP contribution is 2.31. The molecule has 0 bridgehead atoms. The Bertz CT molecular complexity index is 918. The number of aryl methyl sites for hydroxylation is 1. The molecule has 0 radical (unpaired) electrons. The minimum atomic E-state index is -1.14. The average molecular weight is 419 g/mol. The van der Waals surface area contributed by atoms with E-state index in [1.807, 2.05) is 0 Å². The number of hydrogen-bond acceptors (Lipinski definition) is 8. The lowest BCUT2D eigenvalue weighted by Gasteiger charge is -2.23. The van der Waals surface area contributed by atoms with E-state index in [1.165, 1.54) is 17.9 Å². The largest absolute Gasteiger partial charge is 0.394 e. The number of carbonyl (C=O) groups is 1. The molecule has 3 N–H and O–H groups in total. The average Bonchev–Trinajstić information content (AvgIpc) is 3.06. The van der Waals surface area contributed by atoms with Crippen molar-refractivity contribution in [2.75, 3.05) is 32.2 Å². The fourth-order valence-corrected chi connectivity index (χ4v) is 3.19. The summed E-state index contributed by atoms with van der Waals surface area (Å²) in [5, 5.41) is 22.5. The van der Waals surface area contributed by atoms with Gasteiger partial charge >= 0.3 is 5.69 Å². The molecule has 10 nitrogen and oxygen atoms in total. The molecule has 1 unspecified atom stereocenters. The minimum Gasteiger partial charge on any atom is -0.394 e. The van der Waals surface area contributed by atoms with Crippen molar-refractivity contribution in [2.45, 2.75) is 31.5 Å². The van der Waals surface area contributed by atoms with Gasteiger partial charge in [-0.15, -0.1) is 0 Å². The number of aliphatic hydroxyl groups excluding tert-OH is 2. The van der Waals surface area contributed by atoms with E-state index in [1.54, 1.807) is 37.3 Å². The molecule has 10 heteroatoms. The second-order valence-electron chi connectivity index (χ2n) is 6.85. The van der Waals surface area contributed by atoms with Gasteiger partial charge in [0.15, 0.2) is 6.23 Å². The van der Waals surface area contributed by atoms with Crippen molar-refractivity contribution in [1.29, 1.82) is 0 Å². The summed E-state index contributed by atoms with van der Waals surface area (Å²) in [6, 6.07) is 8.56. The molecule has 1 saturated heterocycles. The van der Waals surface area contributed by atoms with Crippen LogP contribution in [0.3, 0.4) is 0 Å². The van der Waals surface area contributed by atoms with Crippen LogP contribution in [0.4, 0.5) is 5.82 Å². The number of methoxy groups -OCH3 is 1. The van der Waals surface area contributed by atoms with Gasteiger partial charge in [0.2, 0.25) is 0 Å². The lowest BCUT2D eigenvalue weighted by atomic mass is 10.1. The Morgan fingerprint density at radius 1 is 1.30 bits per heavy atom. The van der Waals surface area contributed by atoms with Crippen LogP contribution in [0, 0.1) is 6.92 Å². The van der Waals surface area contributed by atoms with Gasteiger partial charge in [0, 0.05) is 24.4 Å². The molecule has 0 spiro atoms. The fourth-order valence-electron chi connectivity index (χ4n) is 3.19. The summed E-state index contributed by atoms with van der Waals surface area (Å²) < 4.78 is 17.4. The monoisotopic (exact) mass is 419 g/mol. The third kappa shape index (κ3) is 4.74. The first-order chi connectivity index (χ1) is 14.5. The van der Waals surface area contributed by atoms with E-state index >= 15 is 0 Å². The molecule has 1 fully saturated rings. The van der Waals surface area contributed by atoms with Crippen LogP contribution in [0.1, 0.15) is 22.1 Å². The Balaban J connectivity index is 1.84. The molecule has 162 valence electrons. The molecule has 1 aromatic carbocycles. The smallest absolute Gasteiger partial charge is 0.351 e. The maximum absolute atomic E-state index is 12.7. The predicted molar refractivity (Wildman–Crippen MR) is 106 cm³/mol. The van der Waals surface area contributed by atoms with Crippen LogP contribution in [0.25, 0.3) is 0 Å². The van der Waals surface area contributed by atoms with E-state index in [9.17, 15) is 19.8 Å². The molecule has 2 aromatic rings. The van der Waals surface area contributed by atoms with Gasteiger partial charge < -0.3 is 29.7 Å². The molecule has 1 amide bonds. The van der Waals surface area contributed by atoms with E-state index in [0.29, 0.717) is 11.1 Å². The van der Waals surface area contributed by atoms with E-state index in [4.69, 9.17) is 14.2 Å². The predicted octanol–water partition coefficient (Wildman–Crippen LogP) is 0.0862. The standard InChI is InChI=1S/C20H25N3O7/c1-12-10-23(19-16(29-9-8-28-2)15(25)14(11-24)30-19)20(27)22-17(12)21-18(26)13-6-4-3-5-7-13/h3-7,10,14-16,19,24-25H,8-9,11H2,1-2H3,(H,21,22,26,27)/t14-,15?,16+,19-/m1/s1. The van der Waals surface area contributed by atoms with Crippen molar-refractivity contribution >= 4 is 11.7 Å². The Morgan fingerprint density at radius 3 is 2.70 bits per heavy atom. The van der Waals surface area contributed by atoms with Crippen LogP contribution in [-0.4, -0.2) is 70.9 Å². The van der Waals surface area contributed by atoms with E-state index in [-0.39, 0.29) is 19.0 Å². The first kappa shape index (κ1) is 22.1. The highest BCUT2D eigenvalue weighted by Gasteiger charge is 2.45. The van der Waals surface area contributed by atoms with E-state index in [0.717, 1.165) is 0 Å². The van der Waals surface area contributed by atoms with Gasteiger partial charge in [-0.2, -0.15) is 4.98 Å². The zero-order valence-electron chi connectivity index (χ0n) is 16.7. The minimum absolute atomic E-state index is 0.124. The van der Waals surface area contributed by atoms with Gasteiger partial charge in [0.1, 0.15) is 24.1 Å². The van der Waals surface area contributed by atoms with Crippen LogP contribution >= 0.6 is 0 Å². The number of nitrogens with one attached hydrogen (secondary N) is 1. The number of amides is 1. The van der Waals surface area contributed by atoms with E-state index < -0.39 is 42.7 Å². The molecule has 0 saturated carbocycles. The summed E-state index contributed by atoms with van der Waals surface area (Å²) in [5.41, 5.74) is 0.252. The molecule has 1 aromatic heterocycles. The maximum Gasteiger partial charge on any atom is 0.351 e. The summed E-state index contributed by atoms with van der Waals surface area (Å²) >= 11 is 0. The Labute approximate surface area is 173 Å². The lowest BCUT2D eigenvalue weighted by Crippen LogP contribution is -2.39. The molecule has 0 aliphatic carbocycles. The quantitative estimate of drug-likeness (QED) is 0.513. The van der Waals surface area contributed by atoms with Crippen LogP contribution in [0.2, 0.25) is 0 Å². The Hall–Kier alpha value is -2.63. The van der Waals surface area contributed by atoms with Crippen molar-refractivity contribution in [3.05, 3.63) is 58.1 Å². The van der Waals surface area contributed by atoms with Crippen molar-refractivity contribution in [3.8, 4) is 0 Å². The zero-order valence-corrected chi connectivity index (χ0v) is 16.7. The third-order valence-corrected chi connectivity index (χ3v) is 4.77.